The fourth-order valence-corrected chi connectivity index (χ4v) is 8.56. The van der Waals surface area contributed by atoms with Gasteiger partial charge in [-0.2, -0.15) is 0 Å². The summed E-state index contributed by atoms with van der Waals surface area (Å²) in [6, 6.07) is 52.1. The van der Waals surface area contributed by atoms with E-state index in [-0.39, 0.29) is 10.8 Å². The summed E-state index contributed by atoms with van der Waals surface area (Å²) < 4.78 is 2.46. The Balaban J connectivity index is 1.17. The van der Waals surface area contributed by atoms with Crippen molar-refractivity contribution in [2.24, 2.45) is 0 Å². The van der Waals surface area contributed by atoms with Gasteiger partial charge in [0.05, 0.1) is 11.0 Å². The molecule has 0 N–H and O–H groups in total. The van der Waals surface area contributed by atoms with E-state index in [0.717, 1.165) is 33.2 Å². The molecule has 4 heteroatoms. The minimum Gasteiger partial charge on any atom is -0.309 e. The predicted molar refractivity (Wildman–Crippen MR) is 221 cm³/mol. The number of benzene rings is 7. The Bertz CT molecular complexity index is 2870. The molecule has 0 aliphatic heterocycles. The van der Waals surface area contributed by atoms with Gasteiger partial charge in [-0.05, 0) is 105 Å². The molecule has 0 bridgehead atoms. The SMILES string of the molecule is CC1(C)CCC(C)(C)c2cc3c(cc21)c1cc2ccccc2cc1n3-c1ccc(-c2nc(-c3ccccc3)nc(-c3cccc4ccccc34)n2)cc1. The van der Waals surface area contributed by atoms with E-state index in [2.05, 4.69) is 160 Å². The average Bonchev–Trinajstić information content (AvgIpc) is 3.50. The topological polar surface area (TPSA) is 43.6 Å². The summed E-state index contributed by atoms with van der Waals surface area (Å²) in [5.74, 6) is 1.98. The third kappa shape index (κ3) is 5.15. The van der Waals surface area contributed by atoms with Gasteiger partial charge in [-0.15, -0.1) is 0 Å². The third-order valence-electron chi connectivity index (χ3n) is 11.7. The van der Waals surface area contributed by atoms with E-state index >= 15 is 0 Å². The fourth-order valence-electron chi connectivity index (χ4n) is 8.56. The molecule has 0 saturated heterocycles. The van der Waals surface area contributed by atoms with Crippen LogP contribution in [0.15, 0.2) is 146 Å². The molecule has 0 fully saturated rings. The molecule has 256 valence electrons. The van der Waals surface area contributed by atoms with Crippen LogP contribution in [0.25, 0.3) is 83.2 Å². The van der Waals surface area contributed by atoms with Crippen LogP contribution in [0, 0.1) is 0 Å². The first-order chi connectivity index (χ1) is 25.7. The van der Waals surface area contributed by atoms with Gasteiger partial charge in [-0.3, -0.25) is 0 Å². The third-order valence-corrected chi connectivity index (χ3v) is 11.7. The van der Waals surface area contributed by atoms with Gasteiger partial charge in [-0.25, -0.2) is 15.0 Å². The molecular formula is C49H40N4. The summed E-state index contributed by atoms with van der Waals surface area (Å²) in [5, 5.41) is 7.38. The Morgan fingerprint density at radius 3 is 1.68 bits per heavy atom. The highest BCUT2D eigenvalue weighted by Crippen LogP contribution is 2.49. The number of hydrogen-bond acceptors (Lipinski definition) is 3. The van der Waals surface area contributed by atoms with E-state index in [4.69, 9.17) is 15.0 Å². The first kappa shape index (κ1) is 31.6. The lowest BCUT2D eigenvalue weighted by Gasteiger charge is -2.42. The number of nitrogens with zero attached hydrogens (tertiary/aromatic N) is 4. The van der Waals surface area contributed by atoms with Crippen molar-refractivity contribution in [2.45, 2.75) is 51.4 Å². The number of aromatic nitrogens is 4. The van der Waals surface area contributed by atoms with Gasteiger partial charge in [-0.1, -0.05) is 125 Å². The molecule has 2 heterocycles. The largest absolute Gasteiger partial charge is 0.309 e. The van der Waals surface area contributed by atoms with E-state index in [1.165, 1.54) is 56.5 Å². The zero-order valence-corrected chi connectivity index (χ0v) is 30.6. The average molecular weight is 685 g/mol. The molecule has 1 aliphatic carbocycles. The van der Waals surface area contributed by atoms with Gasteiger partial charge in [0.25, 0.3) is 0 Å². The summed E-state index contributed by atoms with van der Waals surface area (Å²) in [7, 11) is 0. The van der Waals surface area contributed by atoms with Crippen molar-refractivity contribution >= 4 is 43.4 Å². The molecule has 0 spiro atoms. The quantitative estimate of drug-likeness (QED) is 0.185. The summed E-state index contributed by atoms with van der Waals surface area (Å²) >= 11 is 0. The lowest BCUT2D eigenvalue weighted by atomic mass is 9.63. The molecule has 2 aromatic heterocycles. The molecule has 4 nitrogen and oxygen atoms in total. The highest BCUT2D eigenvalue weighted by Gasteiger charge is 2.38. The van der Waals surface area contributed by atoms with Crippen LogP contribution in [0.2, 0.25) is 0 Å². The first-order valence-electron chi connectivity index (χ1n) is 18.7. The van der Waals surface area contributed by atoms with Crippen molar-refractivity contribution < 1.29 is 0 Å². The molecule has 7 aromatic carbocycles. The molecule has 10 rings (SSSR count). The second-order valence-corrected chi connectivity index (χ2v) is 16.0. The van der Waals surface area contributed by atoms with Gasteiger partial charge in [0.15, 0.2) is 17.5 Å². The summed E-state index contributed by atoms with van der Waals surface area (Å²) in [6.45, 7) is 9.65. The van der Waals surface area contributed by atoms with Crippen molar-refractivity contribution in [3.8, 4) is 39.9 Å². The number of hydrogen-bond donors (Lipinski definition) is 0. The van der Waals surface area contributed by atoms with Gasteiger partial charge >= 0.3 is 0 Å². The van der Waals surface area contributed by atoms with Crippen LogP contribution < -0.4 is 0 Å². The molecule has 9 aromatic rings. The first-order valence-corrected chi connectivity index (χ1v) is 18.7. The van der Waals surface area contributed by atoms with Gasteiger partial charge < -0.3 is 4.57 Å². The predicted octanol–water partition coefficient (Wildman–Crippen LogP) is 12.6. The minimum absolute atomic E-state index is 0.103. The number of rotatable bonds is 4. The molecule has 1 aliphatic rings. The Hall–Kier alpha value is -6.13. The van der Waals surface area contributed by atoms with Crippen LogP contribution in [-0.4, -0.2) is 19.5 Å². The second-order valence-electron chi connectivity index (χ2n) is 16.0. The van der Waals surface area contributed by atoms with Gasteiger partial charge in [0, 0.05) is 33.2 Å². The van der Waals surface area contributed by atoms with Crippen LogP contribution >= 0.6 is 0 Å². The maximum absolute atomic E-state index is 5.12. The van der Waals surface area contributed by atoms with E-state index in [0.29, 0.717) is 17.5 Å². The monoisotopic (exact) mass is 684 g/mol. The highest BCUT2D eigenvalue weighted by molar-refractivity contribution is 6.14. The summed E-state index contributed by atoms with van der Waals surface area (Å²) in [4.78, 5) is 15.2. The van der Waals surface area contributed by atoms with Crippen LogP contribution in [0.4, 0.5) is 0 Å². The molecule has 0 amide bonds. The van der Waals surface area contributed by atoms with E-state index in [9.17, 15) is 0 Å². The van der Waals surface area contributed by atoms with E-state index < -0.39 is 0 Å². The Kier molecular flexibility index (Phi) is 6.97. The molecule has 0 radical (unpaired) electrons. The lowest BCUT2D eigenvalue weighted by molar-refractivity contribution is 0.332. The van der Waals surface area contributed by atoms with Crippen molar-refractivity contribution in [3.05, 3.63) is 157 Å². The standard InChI is InChI=1S/C49H40N4/c1-48(2)25-26-49(3,4)42-30-44-40(29-41(42)48)39-27-34-16-8-9-17-35(34)28-43(39)53(44)36-23-21-33(22-24-36)46-50-45(32-14-6-5-7-15-32)51-47(52-46)38-20-12-18-31-13-10-11-19-37(31)38/h5-24,27-30H,25-26H2,1-4H3. The van der Waals surface area contributed by atoms with Crippen molar-refractivity contribution in [2.75, 3.05) is 0 Å². The highest BCUT2D eigenvalue weighted by atomic mass is 15.0. The van der Waals surface area contributed by atoms with Crippen LogP contribution in [0.5, 0.6) is 0 Å². The van der Waals surface area contributed by atoms with Crippen LogP contribution in [0.3, 0.4) is 0 Å². The van der Waals surface area contributed by atoms with Crippen LogP contribution in [-0.2, 0) is 10.8 Å². The maximum Gasteiger partial charge on any atom is 0.164 e. The second kappa shape index (κ2) is 11.7. The molecule has 0 unspecified atom stereocenters. The molecular weight excluding hydrogens is 645 g/mol. The van der Waals surface area contributed by atoms with Crippen molar-refractivity contribution in [3.63, 3.8) is 0 Å². The molecule has 0 saturated carbocycles. The minimum atomic E-state index is 0.103. The smallest absolute Gasteiger partial charge is 0.164 e. The Morgan fingerprint density at radius 2 is 0.962 bits per heavy atom. The Labute approximate surface area is 309 Å². The zero-order chi connectivity index (χ0) is 35.9. The molecule has 0 atom stereocenters. The summed E-state index contributed by atoms with van der Waals surface area (Å²) in [5.41, 5.74) is 9.65. The van der Waals surface area contributed by atoms with Crippen molar-refractivity contribution in [1.82, 2.24) is 19.5 Å². The van der Waals surface area contributed by atoms with Gasteiger partial charge in [0.2, 0.25) is 0 Å². The number of fused-ring (bicyclic) bond motifs is 6. The van der Waals surface area contributed by atoms with E-state index in [1.54, 1.807) is 0 Å². The fraction of sp³-hybridized carbons (Fsp3) is 0.163. The van der Waals surface area contributed by atoms with Crippen molar-refractivity contribution in [1.29, 1.82) is 0 Å². The Morgan fingerprint density at radius 1 is 0.434 bits per heavy atom. The maximum atomic E-state index is 5.12. The summed E-state index contributed by atoms with van der Waals surface area (Å²) in [6.07, 6.45) is 2.36. The van der Waals surface area contributed by atoms with Gasteiger partial charge in [0.1, 0.15) is 0 Å². The zero-order valence-electron chi connectivity index (χ0n) is 30.6. The molecule has 53 heavy (non-hydrogen) atoms. The normalized spacial score (nSPS) is 14.9. The van der Waals surface area contributed by atoms with Crippen LogP contribution in [0.1, 0.15) is 51.7 Å². The van der Waals surface area contributed by atoms with E-state index in [1.807, 2.05) is 18.2 Å². The lowest BCUT2D eigenvalue weighted by Crippen LogP contribution is -2.33.